The zero-order chi connectivity index (χ0) is 15.2. The standard InChI is InChI=1S/C12H17BrN2O4S/c1-3-14-12(16)6-7-15-20(17,18)11-8-9(13)4-5-10(11)19-2/h4-5,8,15H,3,6-7H2,1-2H3,(H,14,16). The predicted octanol–water partition coefficient (Wildman–Crippen LogP) is 1.26. The van der Waals surface area contributed by atoms with Crippen LogP contribution in [0.4, 0.5) is 0 Å². The highest BCUT2D eigenvalue weighted by Gasteiger charge is 2.19. The molecular weight excluding hydrogens is 348 g/mol. The molecule has 112 valence electrons. The van der Waals surface area contributed by atoms with Crippen molar-refractivity contribution >= 4 is 31.9 Å². The smallest absolute Gasteiger partial charge is 0.244 e. The van der Waals surface area contributed by atoms with Crippen LogP contribution in [-0.4, -0.2) is 34.5 Å². The molecule has 0 aliphatic rings. The first kappa shape index (κ1) is 16.9. The number of carbonyl (C=O) groups excluding carboxylic acids is 1. The Labute approximate surface area is 127 Å². The van der Waals surface area contributed by atoms with Gasteiger partial charge in [-0.05, 0) is 25.1 Å². The first-order valence-electron chi connectivity index (χ1n) is 6.00. The van der Waals surface area contributed by atoms with Gasteiger partial charge in [-0.1, -0.05) is 15.9 Å². The van der Waals surface area contributed by atoms with Gasteiger partial charge < -0.3 is 10.1 Å². The van der Waals surface area contributed by atoms with Crippen LogP contribution in [0, 0.1) is 0 Å². The molecule has 0 fully saturated rings. The van der Waals surface area contributed by atoms with Crippen LogP contribution in [0.2, 0.25) is 0 Å². The molecule has 0 aromatic heterocycles. The normalized spacial score (nSPS) is 11.2. The molecule has 20 heavy (non-hydrogen) atoms. The molecule has 2 N–H and O–H groups in total. The maximum Gasteiger partial charge on any atom is 0.244 e. The monoisotopic (exact) mass is 364 g/mol. The molecule has 0 unspecified atom stereocenters. The second-order valence-corrected chi connectivity index (χ2v) is 6.55. The third-order valence-corrected chi connectivity index (χ3v) is 4.41. The first-order valence-corrected chi connectivity index (χ1v) is 8.28. The number of hydrogen-bond acceptors (Lipinski definition) is 4. The summed E-state index contributed by atoms with van der Waals surface area (Å²) in [5, 5.41) is 2.60. The number of halogens is 1. The third kappa shape index (κ3) is 4.77. The largest absolute Gasteiger partial charge is 0.495 e. The lowest BCUT2D eigenvalue weighted by molar-refractivity contribution is -0.120. The van der Waals surface area contributed by atoms with Gasteiger partial charge >= 0.3 is 0 Å². The van der Waals surface area contributed by atoms with Crippen molar-refractivity contribution in [2.45, 2.75) is 18.2 Å². The zero-order valence-electron chi connectivity index (χ0n) is 11.3. The SMILES string of the molecule is CCNC(=O)CCNS(=O)(=O)c1cc(Br)ccc1OC. The number of hydrogen-bond donors (Lipinski definition) is 2. The fourth-order valence-electron chi connectivity index (χ4n) is 1.52. The Morgan fingerprint density at radius 2 is 2.10 bits per heavy atom. The first-order chi connectivity index (χ1) is 9.40. The molecule has 0 aliphatic carbocycles. The number of nitrogens with one attached hydrogen (secondary N) is 2. The van der Waals surface area contributed by atoms with E-state index in [1.54, 1.807) is 19.1 Å². The molecular formula is C12H17BrN2O4S. The van der Waals surface area contributed by atoms with Crippen LogP contribution in [0.15, 0.2) is 27.6 Å². The molecule has 1 aromatic carbocycles. The third-order valence-electron chi connectivity index (χ3n) is 2.43. The van der Waals surface area contributed by atoms with E-state index in [9.17, 15) is 13.2 Å². The Bertz CT molecular complexity index is 575. The molecule has 0 aliphatic heterocycles. The minimum Gasteiger partial charge on any atom is -0.495 e. The summed E-state index contributed by atoms with van der Waals surface area (Å²) < 4.78 is 32.4. The van der Waals surface area contributed by atoms with E-state index in [0.717, 1.165) is 0 Å². The molecule has 0 spiro atoms. The molecule has 0 saturated heterocycles. The van der Waals surface area contributed by atoms with E-state index in [1.807, 2.05) is 0 Å². The number of sulfonamides is 1. The summed E-state index contributed by atoms with van der Waals surface area (Å²) in [4.78, 5) is 11.3. The van der Waals surface area contributed by atoms with E-state index >= 15 is 0 Å². The van der Waals surface area contributed by atoms with Crippen molar-refractivity contribution in [3.63, 3.8) is 0 Å². The number of rotatable bonds is 7. The number of ether oxygens (including phenoxy) is 1. The lowest BCUT2D eigenvalue weighted by atomic mass is 10.3. The van der Waals surface area contributed by atoms with Crippen LogP contribution in [0.25, 0.3) is 0 Å². The predicted molar refractivity (Wildman–Crippen MR) is 79.2 cm³/mol. The molecule has 1 amide bonds. The summed E-state index contributed by atoms with van der Waals surface area (Å²) in [5.74, 6) is 0.0510. The van der Waals surface area contributed by atoms with Crippen molar-refractivity contribution in [1.29, 1.82) is 0 Å². The van der Waals surface area contributed by atoms with E-state index in [-0.39, 0.29) is 29.5 Å². The molecule has 8 heteroatoms. The van der Waals surface area contributed by atoms with Crippen molar-refractivity contribution in [3.05, 3.63) is 22.7 Å². The fourth-order valence-corrected chi connectivity index (χ4v) is 3.26. The Kier molecular flexibility index (Phi) is 6.44. The fraction of sp³-hybridized carbons (Fsp3) is 0.417. The summed E-state index contributed by atoms with van der Waals surface area (Å²) >= 11 is 3.22. The molecule has 0 bridgehead atoms. The van der Waals surface area contributed by atoms with Gasteiger partial charge in [-0.3, -0.25) is 4.79 Å². The van der Waals surface area contributed by atoms with Gasteiger partial charge in [-0.2, -0.15) is 0 Å². The van der Waals surface area contributed by atoms with Crippen molar-refractivity contribution in [2.24, 2.45) is 0 Å². The quantitative estimate of drug-likeness (QED) is 0.762. The van der Waals surface area contributed by atoms with E-state index in [0.29, 0.717) is 11.0 Å². The maximum atomic E-state index is 12.2. The highest BCUT2D eigenvalue weighted by Crippen LogP contribution is 2.26. The van der Waals surface area contributed by atoms with Gasteiger partial charge in [0.05, 0.1) is 7.11 Å². The van der Waals surface area contributed by atoms with Crippen molar-refractivity contribution in [2.75, 3.05) is 20.2 Å². The van der Waals surface area contributed by atoms with E-state index < -0.39 is 10.0 Å². The number of methoxy groups -OCH3 is 1. The van der Waals surface area contributed by atoms with Gasteiger partial charge in [-0.25, -0.2) is 13.1 Å². The van der Waals surface area contributed by atoms with Crippen LogP contribution in [0.3, 0.4) is 0 Å². The van der Waals surface area contributed by atoms with Gasteiger partial charge in [0, 0.05) is 24.0 Å². The maximum absolute atomic E-state index is 12.2. The molecule has 6 nitrogen and oxygen atoms in total. The van der Waals surface area contributed by atoms with Crippen LogP contribution in [-0.2, 0) is 14.8 Å². The zero-order valence-corrected chi connectivity index (χ0v) is 13.7. The van der Waals surface area contributed by atoms with Gasteiger partial charge in [0.15, 0.2) is 0 Å². The highest BCUT2D eigenvalue weighted by atomic mass is 79.9. The molecule has 0 radical (unpaired) electrons. The van der Waals surface area contributed by atoms with Crippen LogP contribution < -0.4 is 14.8 Å². The Balaban J connectivity index is 2.79. The topological polar surface area (TPSA) is 84.5 Å². The second kappa shape index (κ2) is 7.61. The summed E-state index contributed by atoms with van der Waals surface area (Å²) in [6, 6.07) is 4.70. The van der Waals surface area contributed by atoms with Crippen LogP contribution >= 0.6 is 15.9 Å². The van der Waals surface area contributed by atoms with E-state index in [1.165, 1.54) is 13.2 Å². The molecule has 1 rings (SSSR count). The Hall–Kier alpha value is -1.12. The average molecular weight is 365 g/mol. The molecule has 0 atom stereocenters. The van der Waals surface area contributed by atoms with Gasteiger partial charge in [0.1, 0.15) is 10.6 Å². The summed E-state index contributed by atoms with van der Waals surface area (Å²) in [7, 11) is -2.32. The van der Waals surface area contributed by atoms with Gasteiger partial charge in [0.25, 0.3) is 0 Å². The molecule has 0 heterocycles. The van der Waals surface area contributed by atoms with Gasteiger partial charge in [0.2, 0.25) is 15.9 Å². The second-order valence-electron chi connectivity index (χ2n) is 3.90. The summed E-state index contributed by atoms with van der Waals surface area (Å²) in [6.45, 7) is 2.35. The Morgan fingerprint density at radius 1 is 1.40 bits per heavy atom. The Morgan fingerprint density at radius 3 is 2.70 bits per heavy atom. The van der Waals surface area contributed by atoms with Crippen molar-refractivity contribution < 1.29 is 17.9 Å². The number of amides is 1. The van der Waals surface area contributed by atoms with E-state index in [2.05, 4.69) is 26.0 Å². The number of benzene rings is 1. The number of carbonyl (C=O) groups is 1. The summed E-state index contributed by atoms with van der Waals surface area (Å²) in [5.41, 5.74) is 0. The van der Waals surface area contributed by atoms with Crippen molar-refractivity contribution in [3.8, 4) is 5.75 Å². The van der Waals surface area contributed by atoms with E-state index in [4.69, 9.17) is 4.74 Å². The van der Waals surface area contributed by atoms with Crippen molar-refractivity contribution in [1.82, 2.24) is 10.0 Å². The lowest BCUT2D eigenvalue weighted by Gasteiger charge is -2.11. The average Bonchev–Trinajstić information content (AvgIpc) is 2.38. The summed E-state index contributed by atoms with van der Waals surface area (Å²) in [6.07, 6.45) is 0.0867. The van der Waals surface area contributed by atoms with Gasteiger partial charge in [-0.15, -0.1) is 0 Å². The molecule has 1 aromatic rings. The molecule has 0 saturated carbocycles. The highest BCUT2D eigenvalue weighted by molar-refractivity contribution is 9.10. The minimum atomic E-state index is -3.72. The van der Waals surface area contributed by atoms with Crippen LogP contribution in [0.5, 0.6) is 5.75 Å². The van der Waals surface area contributed by atoms with Crippen LogP contribution in [0.1, 0.15) is 13.3 Å². The minimum absolute atomic E-state index is 0.0316. The lowest BCUT2D eigenvalue weighted by Crippen LogP contribution is -2.30.